The SMILES string of the molecule is O=C(NCC1CCCN(S(=O)(=O)N2CC3CCC2C3)C1)C1CCCN1. The maximum absolute atomic E-state index is 13.0. The summed E-state index contributed by atoms with van der Waals surface area (Å²) in [5.74, 6) is 0.849. The summed E-state index contributed by atoms with van der Waals surface area (Å²) in [5, 5.41) is 6.23. The van der Waals surface area contributed by atoms with Crippen LogP contribution in [0.15, 0.2) is 0 Å². The highest BCUT2D eigenvalue weighted by Crippen LogP contribution is 2.40. The van der Waals surface area contributed by atoms with E-state index in [1.54, 1.807) is 8.61 Å². The summed E-state index contributed by atoms with van der Waals surface area (Å²) >= 11 is 0. The summed E-state index contributed by atoms with van der Waals surface area (Å²) in [6, 6.07) is 0.159. The molecule has 0 aromatic carbocycles. The van der Waals surface area contributed by atoms with E-state index < -0.39 is 10.2 Å². The molecule has 3 heterocycles. The monoisotopic (exact) mass is 370 g/mol. The van der Waals surface area contributed by atoms with Crippen molar-refractivity contribution in [2.45, 2.75) is 57.0 Å². The predicted molar refractivity (Wildman–Crippen MR) is 95.1 cm³/mol. The summed E-state index contributed by atoms with van der Waals surface area (Å²) in [4.78, 5) is 12.1. The minimum Gasteiger partial charge on any atom is -0.354 e. The molecule has 4 rings (SSSR count). The Hall–Kier alpha value is -0.700. The normalized spacial score (nSPS) is 36.8. The maximum Gasteiger partial charge on any atom is 0.282 e. The second-order valence-electron chi connectivity index (χ2n) is 8.17. The Morgan fingerprint density at radius 1 is 1.12 bits per heavy atom. The van der Waals surface area contributed by atoms with E-state index in [2.05, 4.69) is 10.6 Å². The fourth-order valence-corrected chi connectivity index (χ4v) is 7.01. The Morgan fingerprint density at radius 2 is 2.00 bits per heavy atom. The lowest BCUT2D eigenvalue weighted by molar-refractivity contribution is -0.123. The molecule has 25 heavy (non-hydrogen) atoms. The molecule has 1 aliphatic carbocycles. The highest BCUT2D eigenvalue weighted by atomic mass is 32.2. The van der Waals surface area contributed by atoms with Gasteiger partial charge in [-0.2, -0.15) is 17.0 Å². The zero-order valence-corrected chi connectivity index (χ0v) is 15.6. The van der Waals surface area contributed by atoms with E-state index in [9.17, 15) is 13.2 Å². The van der Waals surface area contributed by atoms with Crippen LogP contribution in [-0.4, -0.2) is 67.7 Å². The highest BCUT2D eigenvalue weighted by molar-refractivity contribution is 7.86. The van der Waals surface area contributed by atoms with Crippen molar-refractivity contribution in [2.24, 2.45) is 11.8 Å². The number of hydrogen-bond acceptors (Lipinski definition) is 4. The van der Waals surface area contributed by atoms with Crippen LogP contribution in [0.25, 0.3) is 0 Å². The third-order valence-electron chi connectivity index (χ3n) is 6.41. The Balaban J connectivity index is 1.32. The first-order valence-corrected chi connectivity index (χ1v) is 11.2. The summed E-state index contributed by atoms with van der Waals surface area (Å²) < 4.78 is 29.5. The first-order valence-electron chi connectivity index (χ1n) is 9.82. The maximum atomic E-state index is 13.0. The van der Waals surface area contributed by atoms with E-state index in [0.29, 0.717) is 32.1 Å². The van der Waals surface area contributed by atoms with Crippen LogP contribution in [0.3, 0.4) is 0 Å². The molecule has 142 valence electrons. The molecule has 4 unspecified atom stereocenters. The number of rotatable bonds is 5. The quantitative estimate of drug-likeness (QED) is 0.729. The zero-order chi connectivity index (χ0) is 17.4. The van der Waals surface area contributed by atoms with Gasteiger partial charge in [0, 0.05) is 32.2 Å². The van der Waals surface area contributed by atoms with Crippen molar-refractivity contribution in [3.05, 3.63) is 0 Å². The smallest absolute Gasteiger partial charge is 0.282 e. The summed E-state index contributed by atoms with van der Waals surface area (Å²) in [6.07, 6.45) is 7.05. The second kappa shape index (κ2) is 7.13. The Labute approximate surface area is 150 Å². The summed E-state index contributed by atoms with van der Waals surface area (Å²) in [5.41, 5.74) is 0. The van der Waals surface area contributed by atoms with E-state index in [0.717, 1.165) is 45.1 Å². The zero-order valence-electron chi connectivity index (χ0n) is 14.8. The van der Waals surface area contributed by atoms with Gasteiger partial charge in [-0.3, -0.25) is 4.79 Å². The topological polar surface area (TPSA) is 81.8 Å². The van der Waals surface area contributed by atoms with E-state index in [1.807, 2.05) is 0 Å². The van der Waals surface area contributed by atoms with Crippen LogP contribution in [0.1, 0.15) is 44.9 Å². The van der Waals surface area contributed by atoms with Crippen molar-refractivity contribution in [1.82, 2.24) is 19.2 Å². The van der Waals surface area contributed by atoms with Crippen LogP contribution in [-0.2, 0) is 15.0 Å². The van der Waals surface area contributed by atoms with Gasteiger partial charge >= 0.3 is 0 Å². The van der Waals surface area contributed by atoms with Crippen LogP contribution < -0.4 is 10.6 Å². The molecule has 0 aromatic rings. The standard InChI is InChI=1S/C17H30N4O3S/c22-17(16-4-1-7-18-16)19-10-14-3-2-8-20(11-14)25(23,24)21-12-13-5-6-15(21)9-13/h13-16,18H,1-12H2,(H,19,22). The Bertz CT molecular complexity index is 605. The molecule has 3 aliphatic heterocycles. The van der Waals surface area contributed by atoms with Gasteiger partial charge in [-0.1, -0.05) is 0 Å². The largest absolute Gasteiger partial charge is 0.354 e. The number of nitrogens with zero attached hydrogens (tertiary/aromatic N) is 2. The number of hydrogen-bond donors (Lipinski definition) is 2. The molecular weight excluding hydrogens is 340 g/mol. The molecule has 4 aliphatic rings. The van der Waals surface area contributed by atoms with Crippen molar-refractivity contribution in [2.75, 3.05) is 32.7 Å². The van der Waals surface area contributed by atoms with E-state index in [1.165, 1.54) is 6.42 Å². The third-order valence-corrected chi connectivity index (χ3v) is 8.43. The van der Waals surface area contributed by atoms with Gasteiger partial charge in [0.2, 0.25) is 5.91 Å². The Morgan fingerprint density at radius 3 is 2.68 bits per heavy atom. The number of carbonyl (C=O) groups is 1. The molecule has 8 heteroatoms. The molecule has 4 atom stereocenters. The average Bonchev–Trinajstić information content (AvgIpc) is 3.37. The first kappa shape index (κ1) is 17.7. The number of carbonyl (C=O) groups excluding carboxylic acids is 1. The van der Waals surface area contributed by atoms with Crippen molar-refractivity contribution in [3.8, 4) is 0 Å². The molecular formula is C17H30N4O3S. The number of piperidine rings is 2. The van der Waals surface area contributed by atoms with Gasteiger partial charge in [-0.15, -0.1) is 0 Å². The molecule has 0 radical (unpaired) electrons. The van der Waals surface area contributed by atoms with Crippen molar-refractivity contribution >= 4 is 16.1 Å². The molecule has 0 spiro atoms. The number of amides is 1. The van der Waals surface area contributed by atoms with E-state index in [-0.39, 0.29) is 23.9 Å². The van der Waals surface area contributed by atoms with Gasteiger partial charge in [-0.25, -0.2) is 0 Å². The van der Waals surface area contributed by atoms with Gasteiger partial charge in [0.05, 0.1) is 6.04 Å². The van der Waals surface area contributed by atoms with Crippen molar-refractivity contribution in [3.63, 3.8) is 0 Å². The fourth-order valence-electron chi connectivity index (χ4n) is 4.99. The fraction of sp³-hybridized carbons (Fsp3) is 0.941. The molecule has 2 bridgehead atoms. The van der Waals surface area contributed by atoms with Gasteiger partial charge < -0.3 is 10.6 Å². The summed E-state index contributed by atoms with van der Waals surface area (Å²) in [6.45, 7) is 3.35. The minimum absolute atomic E-state index is 0.0642. The lowest BCUT2D eigenvalue weighted by atomic mass is 9.99. The van der Waals surface area contributed by atoms with E-state index >= 15 is 0 Å². The number of nitrogens with one attached hydrogen (secondary N) is 2. The number of fused-ring (bicyclic) bond motifs is 2. The van der Waals surface area contributed by atoms with Crippen molar-refractivity contribution in [1.29, 1.82) is 0 Å². The molecule has 1 amide bonds. The van der Waals surface area contributed by atoms with Crippen LogP contribution >= 0.6 is 0 Å². The van der Waals surface area contributed by atoms with Crippen LogP contribution in [0.5, 0.6) is 0 Å². The van der Waals surface area contributed by atoms with Gasteiger partial charge in [0.25, 0.3) is 10.2 Å². The van der Waals surface area contributed by atoms with Gasteiger partial charge in [-0.05, 0) is 63.3 Å². The lowest BCUT2D eigenvalue weighted by Gasteiger charge is -2.37. The predicted octanol–water partition coefficient (Wildman–Crippen LogP) is 0.296. The summed E-state index contributed by atoms with van der Waals surface area (Å²) in [7, 11) is -3.34. The highest BCUT2D eigenvalue weighted by Gasteiger charge is 2.46. The third kappa shape index (κ3) is 3.59. The van der Waals surface area contributed by atoms with Gasteiger partial charge in [0.15, 0.2) is 0 Å². The van der Waals surface area contributed by atoms with Crippen molar-refractivity contribution < 1.29 is 13.2 Å². The van der Waals surface area contributed by atoms with Gasteiger partial charge in [0.1, 0.15) is 0 Å². The Kier molecular flexibility index (Phi) is 5.05. The molecule has 4 fully saturated rings. The van der Waals surface area contributed by atoms with E-state index in [4.69, 9.17) is 0 Å². The molecule has 1 saturated carbocycles. The first-order chi connectivity index (χ1) is 12.0. The molecule has 2 N–H and O–H groups in total. The second-order valence-corrected chi connectivity index (χ2v) is 10.1. The van der Waals surface area contributed by atoms with Crippen LogP contribution in [0.4, 0.5) is 0 Å². The molecule has 0 aromatic heterocycles. The average molecular weight is 371 g/mol. The van der Waals surface area contributed by atoms with Crippen LogP contribution in [0, 0.1) is 11.8 Å². The molecule has 3 saturated heterocycles. The van der Waals surface area contributed by atoms with Crippen LogP contribution in [0.2, 0.25) is 0 Å². The molecule has 7 nitrogen and oxygen atoms in total. The lowest BCUT2D eigenvalue weighted by Crippen LogP contribution is -2.52. The minimum atomic E-state index is -3.34.